The Hall–Kier alpha value is -3.35. The van der Waals surface area contributed by atoms with Crippen molar-refractivity contribution in [1.29, 1.82) is 0 Å². The quantitative estimate of drug-likeness (QED) is 0.655. The molecule has 0 heterocycles. The van der Waals surface area contributed by atoms with Crippen LogP contribution in [0.5, 0.6) is 5.75 Å². The molecule has 0 unspecified atom stereocenters. The molecular formula is C22H26N2O5. The maximum absolute atomic E-state index is 12.4. The summed E-state index contributed by atoms with van der Waals surface area (Å²) in [6, 6.07) is 13.3. The molecule has 0 spiro atoms. The minimum atomic E-state index is -0.644. The van der Waals surface area contributed by atoms with E-state index in [1.54, 1.807) is 53.4 Å². The molecule has 154 valence electrons. The van der Waals surface area contributed by atoms with E-state index in [1.165, 1.54) is 0 Å². The number of ether oxygens (including phenoxy) is 2. The molecule has 0 bridgehead atoms. The molecule has 0 aliphatic rings. The van der Waals surface area contributed by atoms with Crippen LogP contribution in [0.2, 0.25) is 0 Å². The van der Waals surface area contributed by atoms with E-state index in [9.17, 15) is 14.4 Å². The SMILES string of the molecule is CCOc1ccccc1C(=O)OCC(=O)Nc1cccc(C(=O)N(CC)CC)c1. The monoisotopic (exact) mass is 398 g/mol. The van der Waals surface area contributed by atoms with Crippen LogP contribution in [-0.4, -0.2) is 49.0 Å². The molecule has 0 fully saturated rings. The van der Waals surface area contributed by atoms with Crippen LogP contribution in [0.1, 0.15) is 41.5 Å². The van der Waals surface area contributed by atoms with Gasteiger partial charge in [-0.25, -0.2) is 4.79 Å². The van der Waals surface area contributed by atoms with Crippen molar-refractivity contribution in [2.24, 2.45) is 0 Å². The van der Waals surface area contributed by atoms with E-state index in [0.29, 0.717) is 36.7 Å². The maximum Gasteiger partial charge on any atom is 0.342 e. The average Bonchev–Trinajstić information content (AvgIpc) is 2.73. The van der Waals surface area contributed by atoms with Crippen LogP contribution in [0.3, 0.4) is 0 Å². The molecule has 1 N–H and O–H groups in total. The number of hydrogen-bond acceptors (Lipinski definition) is 5. The largest absolute Gasteiger partial charge is 0.493 e. The lowest BCUT2D eigenvalue weighted by Gasteiger charge is -2.19. The zero-order valence-corrected chi connectivity index (χ0v) is 16.9. The molecule has 7 nitrogen and oxygen atoms in total. The lowest BCUT2D eigenvalue weighted by Crippen LogP contribution is -2.30. The highest BCUT2D eigenvalue weighted by molar-refractivity contribution is 5.99. The molecular weight excluding hydrogens is 372 g/mol. The number of amides is 2. The van der Waals surface area contributed by atoms with E-state index >= 15 is 0 Å². The highest BCUT2D eigenvalue weighted by Crippen LogP contribution is 2.19. The van der Waals surface area contributed by atoms with Gasteiger partial charge in [0.15, 0.2) is 6.61 Å². The summed E-state index contributed by atoms with van der Waals surface area (Å²) in [5.74, 6) is -0.845. The number of rotatable bonds is 9. The van der Waals surface area contributed by atoms with E-state index < -0.39 is 18.5 Å². The summed E-state index contributed by atoms with van der Waals surface area (Å²) in [6.45, 7) is 6.79. The Morgan fingerprint density at radius 3 is 2.38 bits per heavy atom. The second-order valence-electron chi connectivity index (χ2n) is 6.11. The van der Waals surface area contributed by atoms with E-state index in [4.69, 9.17) is 9.47 Å². The molecule has 7 heteroatoms. The topological polar surface area (TPSA) is 84.9 Å². The second-order valence-corrected chi connectivity index (χ2v) is 6.11. The standard InChI is InChI=1S/C22H26N2O5/c1-4-24(5-2)21(26)16-10-9-11-17(14-16)23-20(25)15-29-22(27)18-12-7-8-13-19(18)28-6-3/h7-14H,4-6,15H2,1-3H3,(H,23,25). The molecule has 0 saturated heterocycles. The molecule has 29 heavy (non-hydrogen) atoms. The maximum atomic E-state index is 12.4. The summed E-state index contributed by atoms with van der Waals surface area (Å²) in [7, 11) is 0. The summed E-state index contributed by atoms with van der Waals surface area (Å²) in [5, 5.41) is 2.64. The first-order chi connectivity index (χ1) is 14.0. The Bertz CT molecular complexity index is 862. The van der Waals surface area contributed by atoms with Gasteiger partial charge in [-0.3, -0.25) is 9.59 Å². The van der Waals surface area contributed by atoms with Crippen LogP contribution in [0.15, 0.2) is 48.5 Å². The van der Waals surface area contributed by atoms with E-state index in [2.05, 4.69) is 5.32 Å². The van der Waals surface area contributed by atoms with E-state index in [-0.39, 0.29) is 11.5 Å². The first-order valence-corrected chi connectivity index (χ1v) is 9.58. The molecule has 0 radical (unpaired) electrons. The summed E-state index contributed by atoms with van der Waals surface area (Å²) in [4.78, 5) is 38.5. The summed E-state index contributed by atoms with van der Waals surface area (Å²) < 4.78 is 10.5. The van der Waals surface area contributed by atoms with Crippen molar-refractivity contribution in [2.45, 2.75) is 20.8 Å². The molecule has 0 atom stereocenters. The zero-order valence-electron chi connectivity index (χ0n) is 16.9. The highest BCUT2D eigenvalue weighted by Gasteiger charge is 2.16. The number of benzene rings is 2. The van der Waals surface area contributed by atoms with Crippen LogP contribution in [0, 0.1) is 0 Å². The number of nitrogens with zero attached hydrogens (tertiary/aromatic N) is 1. The lowest BCUT2D eigenvalue weighted by molar-refractivity contribution is -0.119. The Morgan fingerprint density at radius 1 is 0.966 bits per heavy atom. The van der Waals surface area contributed by atoms with Gasteiger partial charge >= 0.3 is 5.97 Å². The molecule has 2 amide bonds. The fourth-order valence-electron chi connectivity index (χ4n) is 2.75. The minimum absolute atomic E-state index is 0.106. The number of carbonyl (C=O) groups excluding carboxylic acids is 3. The Kier molecular flexibility index (Phi) is 8.21. The van der Waals surface area contributed by atoms with Crippen molar-refractivity contribution in [3.63, 3.8) is 0 Å². The van der Waals surface area contributed by atoms with Crippen molar-refractivity contribution < 1.29 is 23.9 Å². The highest BCUT2D eigenvalue weighted by atomic mass is 16.5. The van der Waals surface area contributed by atoms with Crippen molar-refractivity contribution in [2.75, 3.05) is 31.6 Å². The van der Waals surface area contributed by atoms with Gasteiger partial charge < -0.3 is 19.7 Å². The number of nitrogens with one attached hydrogen (secondary N) is 1. The normalized spacial score (nSPS) is 10.2. The first kappa shape index (κ1) is 21.9. The molecule has 0 aliphatic carbocycles. The third-order valence-electron chi connectivity index (χ3n) is 4.19. The fourth-order valence-corrected chi connectivity index (χ4v) is 2.75. The first-order valence-electron chi connectivity index (χ1n) is 9.58. The Labute approximate surface area is 170 Å². The van der Waals surface area contributed by atoms with Gasteiger partial charge in [0.25, 0.3) is 11.8 Å². The molecule has 0 aromatic heterocycles. The third kappa shape index (κ3) is 6.07. The van der Waals surface area contributed by atoms with Crippen LogP contribution in [-0.2, 0) is 9.53 Å². The van der Waals surface area contributed by atoms with Gasteiger partial charge in [0, 0.05) is 24.3 Å². The molecule has 2 aromatic carbocycles. The van der Waals surface area contributed by atoms with Gasteiger partial charge in [-0.1, -0.05) is 18.2 Å². The van der Waals surface area contributed by atoms with Gasteiger partial charge in [0.05, 0.1) is 6.61 Å². The Balaban J connectivity index is 1.97. The fraction of sp³-hybridized carbons (Fsp3) is 0.318. The summed E-state index contributed by atoms with van der Waals surface area (Å²) in [5.41, 5.74) is 1.20. The summed E-state index contributed by atoms with van der Waals surface area (Å²) >= 11 is 0. The van der Waals surface area contributed by atoms with Crippen molar-refractivity contribution >= 4 is 23.5 Å². The predicted octanol–water partition coefficient (Wildman–Crippen LogP) is 3.36. The zero-order chi connectivity index (χ0) is 21.2. The van der Waals surface area contributed by atoms with Gasteiger partial charge in [-0.2, -0.15) is 0 Å². The van der Waals surface area contributed by atoms with Gasteiger partial charge in [0.1, 0.15) is 11.3 Å². The number of carbonyl (C=O) groups is 3. The van der Waals surface area contributed by atoms with Crippen LogP contribution < -0.4 is 10.1 Å². The van der Waals surface area contributed by atoms with Gasteiger partial charge in [-0.05, 0) is 51.1 Å². The number of para-hydroxylation sites is 1. The molecule has 2 rings (SSSR count). The lowest BCUT2D eigenvalue weighted by atomic mass is 10.1. The smallest absolute Gasteiger partial charge is 0.342 e. The third-order valence-corrected chi connectivity index (χ3v) is 4.19. The van der Waals surface area contributed by atoms with Crippen molar-refractivity contribution in [3.8, 4) is 5.75 Å². The average molecular weight is 398 g/mol. The van der Waals surface area contributed by atoms with E-state index in [0.717, 1.165) is 0 Å². The van der Waals surface area contributed by atoms with Crippen molar-refractivity contribution in [3.05, 3.63) is 59.7 Å². The molecule has 0 aliphatic heterocycles. The molecule has 2 aromatic rings. The van der Waals surface area contributed by atoms with Crippen LogP contribution >= 0.6 is 0 Å². The minimum Gasteiger partial charge on any atom is -0.493 e. The van der Waals surface area contributed by atoms with Crippen LogP contribution in [0.25, 0.3) is 0 Å². The van der Waals surface area contributed by atoms with Gasteiger partial charge in [0.2, 0.25) is 0 Å². The summed E-state index contributed by atoms with van der Waals surface area (Å²) in [6.07, 6.45) is 0. The number of hydrogen-bond donors (Lipinski definition) is 1. The van der Waals surface area contributed by atoms with Crippen molar-refractivity contribution in [1.82, 2.24) is 4.90 Å². The predicted molar refractivity (Wildman–Crippen MR) is 110 cm³/mol. The number of anilines is 1. The number of esters is 1. The Morgan fingerprint density at radius 2 is 1.69 bits per heavy atom. The second kappa shape index (κ2) is 10.8. The molecule has 0 saturated carbocycles. The van der Waals surface area contributed by atoms with Gasteiger partial charge in [-0.15, -0.1) is 0 Å². The van der Waals surface area contributed by atoms with Crippen LogP contribution in [0.4, 0.5) is 5.69 Å². The van der Waals surface area contributed by atoms with E-state index in [1.807, 2.05) is 20.8 Å².